The summed E-state index contributed by atoms with van der Waals surface area (Å²) in [5.74, 6) is 4.46. The summed E-state index contributed by atoms with van der Waals surface area (Å²) in [5, 5.41) is 9.96. The molecule has 16 nitrogen and oxygen atoms in total. The number of halogens is 4. The summed E-state index contributed by atoms with van der Waals surface area (Å²) < 4.78 is 9.09. The fourth-order valence-electron chi connectivity index (χ4n) is 16.8. The molecule has 24 aromatic rings. The number of fused-ring (bicyclic) bond motifs is 12. The van der Waals surface area contributed by atoms with Crippen molar-refractivity contribution in [2.24, 2.45) is 0 Å². The average molecular weight is 1730 g/mol. The van der Waals surface area contributed by atoms with Gasteiger partial charge in [-0.3, -0.25) is 0 Å². The third-order valence-corrected chi connectivity index (χ3v) is 23.0. The van der Waals surface area contributed by atoms with Crippen LogP contribution in [0.3, 0.4) is 0 Å². The molecule has 0 aliphatic rings. The fraction of sp³-hybridized carbons (Fsp3) is 0. The molecule has 8 heterocycles. The molecule has 0 atom stereocenters. The van der Waals surface area contributed by atoms with Crippen molar-refractivity contribution in [1.82, 2.24) is 78.1 Å². The average Bonchev–Trinajstić information content (AvgIpc) is 1.59. The molecule has 0 bridgehead atoms. The van der Waals surface area contributed by atoms with Gasteiger partial charge in [0, 0.05) is 110 Å². The van der Waals surface area contributed by atoms with Crippen molar-refractivity contribution < 1.29 is 0 Å². The zero-order valence-corrected chi connectivity index (χ0v) is 71.0. The summed E-state index contributed by atoms with van der Waals surface area (Å²) in [4.78, 5) is 54.3. The Morgan fingerprint density at radius 1 is 0.156 bits per heavy atom. The van der Waals surface area contributed by atoms with E-state index in [2.05, 4.69) is 277 Å². The van der Waals surface area contributed by atoms with Crippen LogP contribution in [0.2, 0.25) is 21.1 Å². The molecule has 0 amide bonds. The van der Waals surface area contributed by atoms with Crippen molar-refractivity contribution in [2.75, 3.05) is 0 Å². The molecule has 0 radical (unpaired) electrons. The van der Waals surface area contributed by atoms with Gasteiger partial charge in [-0.05, 0) is 156 Å². The third kappa shape index (κ3) is 15.5. The second-order valence-electron chi connectivity index (χ2n) is 30.1. The minimum absolute atomic E-state index is 0.174. The van der Waals surface area contributed by atoms with Crippen LogP contribution in [0.15, 0.2) is 413 Å². The van der Waals surface area contributed by atoms with E-state index in [1.807, 2.05) is 194 Å². The minimum atomic E-state index is 0.174. The Hall–Kier alpha value is -16.1. The van der Waals surface area contributed by atoms with Gasteiger partial charge in [-0.1, -0.05) is 303 Å². The van der Waals surface area contributed by atoms with Crippen LogP contribution >= 0.6 is 46.4 Å². The number of benzene rings is 16. The van der Waals surface area contributed by atoms with Crippen LogP contribution in [0, 0.1) is 0 Å². The lowest BCUT2D eigenvalue weighted by molar-refractivity contribution is 1.06. The van der Waals surface area contributed by atoms with Crippen molar-refractivity contribution in [3.8, 4) is 114 Å². The maximum atomic E-state index is 6.37. The molecular formula is C108H68Cl4N16. The van der Waals surface area contributed by atoms with Crippen molar-refractivity contribution in [3.63, 3.8) is 0 Å². The maximum Gasteiger partial charge on any atom is 0.226 e. The zero-order chi connectivity index (χ0) is 86.0. The molecule has 0 fully saturated rings. The lowest BCUT2D eigenvalue weighted by Crippen LogP contribution is -2.00. The molecule has 128 heavy (non-hydrogen) atoms. The van der Waals surface area contributed by atoms with E-state index < -0.39 is 0 Å². The van der Waals surface area contributed by atoms with Crippen LogP contribution in [0.25, 0.3) is 201 Å². The molecule has 0 aliphatic carbocycles. The highest BCUT2D eigenvalue weighted by Gasteiger charge is 2.24. The second-order valence-corrected chi connectivity index (χ2v) is 31.4. The minimum Gasteiger partial charge on any atom is -0.309 e. The normalized spacial score (nSPS) is 11.3. The number of aromatic nitrogens is 16. The van der Waals surface area contributed by atoms with E-state index in [-0.39, 0.29) is 21.1 Å². The number of para-hydroxylation sites is 9. The first-order valence-corrected chi connectivity index (χ1v) is 42.9. The molecule has 20 heteroatoms. The van der Waals surface area contributed by atoms with Crippen LogP contribution < -0.4 is 0 Å². The Labute approximate surface area is 753 Å². The number of hydrogen-bond donors (Lipinski definition) is 0. The Morgan fingerprint density at radius 3 is 0.867 bits per heavy atom. The van der Waals surface area contributed by atoms with Crippen LogP contribution in [0.5, 0.6) is 0 Å². The van der Waals surface area contributed by atoms with Crippen molar-refractivity contribution in [3.05, 3.63) is 434 Å². The lowest BCUT2D eigenvalue weighted by Gasteiger charge is -2.11. The van der Waals surface area contributed by atoms with Crippen LogP contribution in [0.1, 0.15) is 0 Å². The first-order chi connectivity index (χ1) is 63.1. The predicted octanol–water partition coefficient (Wildman–Crippen LogP) is 27.8. The van der Waals surface area contributed by atoms with E-state index >= 15 is 0 Å². The van der Waals surface area contributed by atoms with Gasteiger partial charge in [0.1, 0.15) is 0 Å². The van der Waals surface area contributed by atoms with Gasteiger partial charge in [-0.15, -0.1) is 0 Å². The first-order valence-electron chi connectivity index (χ1n) is 41.4. The Morgan fingerprint density at radius 2 is 0.422 bits per heavy atom. The lowest BCUT2D eigenvalue weighted by atomic mass is 10.1. The Bertz CT molecular complexity index is 8170. The highest BCUT2D eigenvalue weighted by Crippen LogP contribution is 2.43. The summed E-state index contributed by atoms with van der Waals surface area (Å²) in [6.45, 7) is 0. The van der Waals surface area contributed by atoms with E-state index in [0.717, 1.165) is 133 Å². The predicted molar refractivity (Wildman–Crippen MR) is 520 cm³/mol. The van der Waals surface area contributed by atoms with Crippen LogP contribution in [-0.4, -0.2) is 78.1 Å². The van der Waals surface area contributed by atoms with Gasteiger partial charge in [0.15, 0.2) is 46.6 Å². The molecule has 0 saturated carbocycles. The summed E-state index contributed by atoms with van der Waals surface area (Å²) in [7, 11) is 0. The number of hydrogen-bond acceptors (Lipinski definition) is 12. The quantitative estimate of drug-likeness (QED) is 0.113. The smallest absolute Gasteiger partial charge is 0.226 e. The fourth-order valence-corrected chi connectivity index (χ4v) is 17.4. The maximum absolute atomic E-state index is 6.37. The van der Waals surface area contributed by atoms with E-state index in [4.69, 9.17) is 66.3 Å². The van der Waals surface area contributed by atoms with Gasteiger partial charge in [-0.25, -0.2) is 19.9 Å². The number of rotatable bonds is 12. The SMILES string of the molecule is Clc1nc(-c2ccccc2)nc(-c2ccc3c(c2)c2ccccc2n3-c2ccccc2)n1.Clc1nc(-c2ccccc2)nc(-c2ccc3c4ccccc4n(-c4ccccc4)c3c2)n1.Clc1nc(-c2ccccc2)nc(-c2cccc3c2c2ccccc2n3-c2ccccc2)n1.Clc1nc(-c2ccccc2)nc(-c2cccc3c4ccccc4n(-c4ccccc4)c23)n1. The molecule has 16 aromatic carbocycles. The van der Waals surface area contributed by atoms with Gasteiger partial charge in [0.2, 0.25) is 21.1 Å². The van der Waals surface area contributed by atoms with Crippen molar-refractivity contribution >= 4 is 134 Å². The van der Waals surface area contributed by atoms with Crippen LogP contribution in [-0.2, 0) is 0 Å². The van der Waals surface area contributed by atoms with Gasteiger partial charge in [0.05, 0.1) is 44.1 Å². The van der Waals surface area contributed by atoms with Gasteiger partial charge < -0.3 is 18.3 Å². The van der Waals surface area contributed by atoms with Gasteiger partial charge in [0.25, 0.3) is 0 Å². The molecule has 0 saturated heterocycles. The summed E-state index contributed by atoms with van der Waals surface area (Å²) >= 11 is 25.3. The molecule has 0 N–H and O–H groups in total. The second kappa shape index (κ2) is 34.9. The van der Waals surface area contributed by atoms with Crippen molar-refractivity contribution in [1.29, 1.82) is 0 Å². The van der Waals surface area contributed by atoms with Gasteiger partial charge in [-0.2, -0.15) is 39.9 Å². The molecule has 8 aromatic heterocycles. The summed E-state index contributed by atoms with van der Waals surface area (Å²) in [5.41, 5.74) is 20.6. The van der Waals surface area contributed by atoms with E-state index in [9.17, 15) is 0 Å². The molecule has 0 spiro atoms. The van der Waals surface area contributed by atoms with E-state index in [1.54, 1.807) is 0 Å². The highest BCUT2D eigenvalue weighted by atomic mass is 35.5. The molecule has 0 unspecified atom stereocenters. The topological polar surface area (TPSA) is 174 Å². The van der Waals surface area contributed by atoms with Crippen LogP contribution in [0.4, 0.5) is 0 Å². The molecular weight excluding hydrogens is 1660 g/mol. The van der Waals surface area contributed by atoms with E-state index in [0.29, 0.717) is 46.6 Å². The Kier molecular flexibility index (Phi) is 21.6. The molecule has 0 aliphatic heterocycles. The zero-order valence-electron chi connectivity index (χ0n) is 67.9. The standard InChI is InChI=1S/4C27H17ClN4/c28-27-30-25(18-10-3-1-4-11-18)29-26(31-27)22-16-9-15-21-20-14-7-8-17-23(20)32(24(21)22)19-12-5-2-6-13-19;28-27-30-25(18-10-3-1-4-11-18)29-26(31-27)21-15-9-17-23-24(21)20-14-7-8-16-22(20)32(23)19-12-5-2-6-13-19;28-27-30-25(18-9-3-1-4-10-18)29-26(31-27)19-15-16-24-22(17-19)21-13-7-8-14-23(21)32(24)20-11-5-2-6-12-20;28-27-30-25(18-9-3-1-4-10-18)29-26(31-27)19-15-16-22-21-13-7-8-14-23(21)32(24(22)17-19)20-11-5-2-6-12-20/h4*1-17H. The Balaban J connectivity index is 0.000000104. The molecule has 608 valence electrons. The van der Waals surface area contributed by atoms with Gasteiger partial charge >= 0.3 is 0 Å². The molecule has 24 rings (SSSR count). The first kappa shape index (κ1) is 79.1. The highest BCUT2D eigenvalue weighted by molar-refractivity contribution is 6.30. The summed E-state index contributed by atoms with van der Waals surface area (Å²) in [6, 6.07) is 139. The number of nitrogens with zero attached hydrogens (tertiary/aromatic N) is 16. The van der Waals surface area contributed by atoms with Crippen molar-refractivity contribution in [2.45, 2.75) is 0 Å². The largest absolute Gasteiger partial charge is 0.309 e. The summed E-state index contributed by atoms with van der Waals surface area (Å²) in [6.07, 6.45) is 0. The third-order valence-electron chi connectivity index (χ3n) is 22.4. The van der Waals surface area contributed by atoms with E-state index in [1.165, 1.54) is 21.5 Å². The monoisotopic (exact) mass is 1730 g/mol.